The number of hydrogen-bond donors (Lipinski definition) is 1. The number of amides is 1. The third kappa shape index (κ3) is 3.07. The molecule has 1 unspecified atom stereocenters. The number of H-pyrrole nitrogens is 1. The van der Waals surface area contributed by atoms with Crippen LogP contribution in [0.3, 0.4) is 0 Å². The van der Waals surface area contributed by atoms with E-state index in [2.05, 4.69) is 23.2 Å². The number of carbonyl (C=O) groups is 1. The molecular weight excluding hydrogens is 324 g/mol. The Morgan fingerprint density at radius 1 is 1.19 bits per heavy atom. The molecule has 4 heteroatoms. The van der Waals surface area contributed by atoms with Gasteiger partial charge >= 0.3 is 0 Å². The lowest BCUT2D eigenvalue weighted by Crippen LogP contribution is -2.39. The Morgan fingerprint density at radius 3 is 2.85 bits per heavy atom. The van der Waals surface area contributed by atoms with Gasteiger partial charge in [-0.2, -0.15) is 0 Å². The van der Waals surface area contributed by atoms with Gasteiger partial charge in [0.2, 0.25) is 0 Å². The van der Waals surface area contributed by atoms with Gasteiger partial charge in [0.15, 0.2) is 0 Å². The van der Waals surface area contributed by atoms with Crippen LogP contribution in [-0.4, -0.2) is 36.0 Å². The molecule has 1 atom stereocenters. The van der Waals surface area contributed by atoms with Crippen LogP contribution in [0.15, 0.2) is 48.5 Å². The van der Waals surface area contributed by atoms with Crippen LogP contribution in [0.5, 0.6) is 5.75 Å². The lowest BCUT2D eigenvalue weighted by Gasteiger charge is -2.32. The quantitative estimate of drug-likeness (QED) is 0.757. The molecule has 134 valence electrons. The highest BCUT2D eigenvalue weighted by Crippen LogP contribution is 2.31. The van der Waals surface area contributed by atoms with E-state index in [4.69, 9.17) is 4.74 Å². The van der Waals surface area contributed by atoms with E-state index in [0.29, 0.717) is 5.92 Å². The molecule has 1 aliphatic rings. The fraction of sp³-hybridized carbons (Fsp3) is 0.318. The van der Waals surface area contributed by atoms with E-state index in [1.807, 2.05) is 42.2 Å². The Morgan fingerprint density at radius 2 is 2.04 bits per heavy atom. The fourth-order valence-corrected chi connectivity index (χ4v) is 3.88. The minimum atomic E-state index is 0.144. The maximum absolute atomic E-state index is 13.0. The molecular formula is C22H24N2O2. The molecule has 2 aromatic carbocycles. The van der Waals surface area contributed by atoms with Gasteiger partial charge in [0.1, 0.15) is 5.75 Å². The second-order valence-corrected chi connectivity index (χ2v) is 7.08. The first kappa shape index (κ1) is 16.7. The van der Waals surface area contributed by atoms with Gasteiger partial charge in [0, 0.05) is 41.2 Å². The van der Waals surface area contributed by atoms with E-state index < -0.39 is 0 Å². The Balaban J connectivity index is 1.57. The molecule has 1 aliphatic heterocycles. The summed E-state index contributed by atoms with van der Waals surface area (Å²) in [4.78, 5) is 18.5. The number of aromatic nitrogens is 1. The lowest BCUT2D eigenvalue weighted by atomic mass is 9.94. The molecule has 0 aliphatic carbocycles. The molecule has 26 heavy (non-hydrogen) atoms. The van der Waals surface area contributed by atoms with Crippen molar-refractivity contribution in [3.05, 3.63) is 65.4 Å². The Hall–Kier alpha value is -2.75. The average molecular weight is 348 g/mol. The number of hydrogen-bond acceptors (Lipinski definition) is 2. The van der Waals surface area contributed by atoms with Crippen molar-refractivity contribution in [1.82, 2.24) is 9.88 Å². The standard InChI is InChI=1S/C22H24N2O2/c1-15-6-3-4-8-19(15)22(25)24-11-5-7-16(14-24)21-13-17-12-18(26-2)9-10-20(17)23-21/h3-4,6,8-10,12-13,16,23H,5,7,11,14H2,1-2H3. The second kappa shape index (κ2) is 6.87. The average Bonchev–Trinajstić information content (AvgIpc) is 3.11. The van der Waals surface area contributed by atoms with E-state index in [0.717, 1.165) is 53.7 Å². The van der Waals surface area contributed by atoms with Crippen molar-refractivity contribution in [2.24, 2.45) is 0 Å². The number of carbonyl (C=O) groups excluding carboxylic acids is 1. The highest BCUT2D eigenvalue weighted by Gasteiger charge is 2.27. The number of piperidine rings is 1. The first-order chi connectivity index (χ1) is 12.7. The summed E-state index contributed by atoms with van der Waals surface area (Å²) in [5.41, 5.74) is 4.17. The third-order valence-electron chi connectivity index (χ3n) is 5.37. The molecule has 0 bridgehead atoms. The number of likely N-dealkylation sites (tertiary alicyclic amines) is 1. The number of ether oxygens (including phenoxy) is 1. The van der Waals surface area contributed by atoms with Crippen molar-refractivity contribution in [2.45, 2.75) is 25.7 Å². The Kier molecular flexibility index (Phi) is 4.41. The number of fused-ring (bicyclic) bond motifs is 1. The lowest BCUT2D eigenvalue weighted by molar-refractivity contribution is 0.0705. The summed E-state index contributed by atoms with van der Waals surface area (Å²) in [6.45, 7) is 3.59. The Labute approximate surface area is 153 Å². The number of aryl methyl sites for hydroxylation is 1. The van der Waals surface area contributed by atoms with E-state index in [1.165, 1.54) is 5.69 Å². The summed E-state index contributed by atoms with van der Waals surface area (Å²) in [5, 5.41) is 1.15. The molecule has 1 fully saturated rings. The summed E-state index contributed by atoms with van der Waals surface area (Å²) in [6, 6.07) is 16.1. The molecule has 2 heterocycles. The normalized spacial score (nSPS) is 17.5. The zero-order valence-electron chi connectivity index (χ0n) is 15.3. The molecule has 1 saturated heterocycles. The molecule has 1 N–H and O–H groups in total. The van der Waals surface area contributed by atoms with Gasteiger partial charge in [-0.1, -0.05) is 18.2 Å². The predicted octanol–water partition coefficient (Wildman–Crippen LogP) is 4.50. The van der Waals surface area contributed by atoms with Crippen LogP contribution in [0.25, 0.3) is 10.9 Å². The van der Waals surface area contributed by atoms with E-state index in [9.17, 15) is 4.79 Å². The summed E-state index contributed by atoms with van der Waals surface area (Å²) in [6.07, 6.45) is 2.13. The number of benzene rings is 2. The van der Waals surface area contributed by atoms with E-state index in [-0.39, 0.29) is 5.91 Å². The second-order valence-electron chi connectivity index (χ2n) is 7.08. The minimum absolute atomic E-state index is 0.144. The number of rotatable bonds is 3. The fourth-order valence-electron chi connectivity index (χ4n) is 3.88. The van der Waals surface area contributed by atoms with Gasteiger partial charge in [-0.25, -0.2) is 0 Å². The first-order valence-corrected chi connectivity index (χ1v) is 9.17. The maximum atomic E-state index is 13.0. The molecule has 1 aromatic heterocycles. The van der Waals surface area contributed by atoms with Gasteiger partial charge in [-0.05, 0) is 55.7 Å². The number of aromatic amines is 1. The molecule has 3 aromatic rings. The molecule has 1 amide bonds. The van der Waals surface area contributed by atoms with Gasteiger partial charge in [-0.3, -0.25) is 4.79 Å². The van der Waals surface area contributed by atoms with Gasteiger partial charge in [0.25, 0.3) is 5.91 Å². The smallest absolute Gasteiger partial charge is 0.254 e. The van der Waals surface area contributed by atoms with Crippen LogP contribution in [0, 0.1) is 6.92 Å². The minimum Gasteiger partial charge on any atom is -0.497 e. The molecule has 4 rings (SSSR count). The van der Waals surface area contributed by atoms with Crippen molar-refractivity contribution in [2.75, 3.05) is 20.2 Å². The zero-order valence-corrected chi connectivity index (χ0v) is 15.3. The number of nitrogens with one attached hydrogen (secondary N) is 1. The molecule has 4 nitrogen and oxygen atoms in total. The van der Waals surface area contributed by atoms with E-state index in [1.54, 1.807) is 7.11 Å². The zero-order chi connectivity index (χ0) is 18.1. The van der Waals surface area contributed by atoms with Crippen LogP contribution in [-0.2, 0) is 0 Å². The third-order valence-corrected chi connectivity index (χ3v) is 5.37. The van der Waals surface area contributed by atoms with Crippen molar-refractivity contribution < 1.29 is 9.53 Å². The number of nitrogens with zero attached hydrogens (tertiary/aromatic N) is 1. The van der Waals surface area contributed by atoms with E-state index >= 15 is 0 Å². The highest BCUT2D eigenvalue weighted by molar-refractivity contribution is 5.95. The summed E-state index contributed by atoms with van der Waals surface area (Å²) < 4.78 is 5.32. The van der Waals surface area contributed by atoms with Crippen LogP contribution >= 0.6 is 0 Å². The van der Waals surface area contributed by atoms with Crippen LogP contribution in [0.4, 0.5) is 0 Å². The van der Waals surface area contributed by atoms with Gasteiger partial charge in [-0.15, -0.1) is 0 Å². The van der Waals surface area contributed by atoms with Crippen molar-refractivity contribution in [1.29, 1.82) is 0 Å². The van der Waals surface area contributed by atoms with Crippen molar-refractivity contribution in [3.8, 4) is 5.75 Å². The van der Waals surface area contributed by atoms with Crippen molar-refractivity contribution >= 4 is 16.8 Å². The topological polar surface area (TPSA) is 45.3 Å². The summed E-state index contributed by atoms with van der Waals surface area (Å²) in [7, 11) is 1.69. The highest BCUT2D eigenvalue weighted by atomic mass is 16.5. The van der Waals surface area contributed by atoms with Crippen LogP contribution < -0.4 is 4.74 Å². The SMILES string of the molecule is COc1ccc2[nH]c(C3CCCN(C(=O)c4ccccc4C)C3)cc2c1. The van der Waals surface area contributed by atoms with Crippen LogP contribution in [0.2, 0.25) is 0 Å². The predicted molar refractivity (Wildman–Crippen MR) is 104 cm³/mol. The largest absolute Gasteiger partial charge is 0.497 e. The van der Waals surface area contributed by atoms with Gasteiger partial charge in [0.05, 0.1) is 7.11 Å². The molecule has 0 radical (unpaired) electrons. The van der Waals surface area contributed by atoms with Gasteiger partial charge < -0.3 is 14.6 Å². The monoisotopic (exact) mass is 348 g/mol. The summed E-state index contributed by atoms with van der Waals surface area (Å²) >= 11 is 0. The van der Waals surface area contributed by atoms with Crippen molar-refractivity contribution in [3.63, 3.8) is 0 Å². The first-order valence-electron chi connectivity index (χ1n) is 9.17. The Bertz CT molecular complexity index is 944. The summed E-state index contributed by atoms with van der Waals surface area (Å²) in [5.74, 6) is 1.35. The number of methoxy groups -OCH3 is 1. The maximum Gasteiger partial charge on any atom is 0.254 e. The molecule has 0 saturated carbocycles. The van der Waals surface area contributed by atoms with Crippen LogP contribution in [0.1, 0.15) is 40.4 Å². The molecule has 0 spiro atoms.